The number of rotatable bonds is 3. The molecular weight excluding hydrogens is 246 g/mol. The van der Waals surface area contributed by atoms with Gasteiger partial charge in [-0.15, -0.1) is 0 Å². The van der Waals surface area contributed by atoms with Crippen LogP contribution in [0.2, 0.25) is 0 Å². The molecule has 0 spiro atoms. The van der Waals surface area contributed by atoms with Crippen LogP contribution in [0.3, 0.4) is 0 Å². The third-order valence-corrected chi connectivity index (χ3v) is 4.89. The first kappa shape index (κ1) is 13.6. The minimum atomic E-state index is 0.0299. The molecule has 1 saturated carbocycles. The van der Waals surface area contributed by atoms with Gasteiger partial charge >= 0.3 is 0 Å². The Labute approximate surface area is 121 Å². The molecule has 2 unspecified atom stereocenters. The molecule has 20 heavy (non-hydrogen) atoms. The number of hydrogen-bond acceptors (Lipinski definition) is 2. The molecule has 1 aliphatic rings. The van der Waals surface area contributed by atoms with Crippen molar-refractivity contribution >= 4 is 11.0 Å². The summed E-state index contributed by atoms with van der Waals surface area (Å²) in [6.45, 7) is 7.67. The van der Waals surface area contributed by atoms with Crippen LogP contribution >= 0.6 is 0 Å². The van der Waals surface area contributed by atoms with Gasteiger partial charge in [0.1, 0.15) is 5.82 Å². The average Bonchev–Trinajstić information content (AvgIpc) is 2.93. The Balaban J connectivity index is 2.21. The Hall–Kier alpha value is -1.35. The lowest BCUT2D eigenvalue weighted by atomic mass is 9.84. The van der Waals surface area contributed by atoms with Gasteiger partial charge in [0, 0.05) is 18.0 Å². The number of fused-ring (bicyclic) bond motifs is 1. The average molecular weight is 271 g/mol. The molecule has 0 amide bonds. The summed E-state index contributed by atoms with van der Waals surface area (Å²) in [6, 6.07) is 6.81. The highest BCUT2D eigenvalue weighted by Gasteiger charge is 2.41. The molecule has 3 heteroatoms. The summed E-state index contributed by atoms with van der Waals surface area (Å²) in [5.41, 5.74) is 10.1. The number of hydrogen-bond donors (Lipinski definition) is 1. The van der Waals surface area contributed by atoms with Crippen LogP contribution in [-0.2, 0) is 12.0 Å². The summed E-state index contributed by atoms with van der Waals surface area (Å²) < 4.78 is 2.40. The lowest BCUT2D eigenvalue weighted by molar-refractivity contribution is 0.386. The number of nitrogens with zero attached hydrogens (tertiary/aromatic N) is 2. The number of aromatic nitrogens is 2. The van der Waals surface area contributed by atoms with Crippen molar-refractivity contribution in [3.05, 3.63) is 29.6 Å². The predicted octanol–water partition coefficient (Wildman–Crippen LogP) is 3.52. The molecule has 1 heterocycles. The fourth-order valence-corrected chi connectivity index (χ4v) is 3.60. The Morgan fingerprint density at radius 2 is 2.25 bits per heavy atom. The van der Waals surface area contributed by atoms with Crippen LogP contribution in [0.25, 0.3) is 11.0 Å². The van der Waals surface area contributed by atoms with Crippen molar-refractivity contribution < 1.29 is 0 Å². The van der Waals surface area contributed by atoms with E-state index < -0.39 is 0 Å². The molecule has 0 bridgehead atoms. The topological polar surface area (TPSA) is 43.8 Å². The molecule has 0 radical (unpaired) electrons. The van der Waals surface area contributed by atoms with Gasteiger partial charge in [-0.25, -0.2) is 4.98 Å². The van der Waals surface area contributed by atoms with Crippen molar-refractivity contribution in [3.8, 4) is 0 Å². The van der Waals surface area contributed by atoms with Crippen LogP contribution in [0.4, 0.5) is 0 Å². The fraction of sp³-hybridized carbons (Fsp3) is 0.588. The third-order valence-electron chi connectivity index (χ3n) is 4.89. The molecule has 2 aromatic rings. The van der Waals surface area contributed by atoms with Gasteiger partial charge < -0.3 is 10.3 Å². The van der Waals surface area contributed by atoms with E-state index in [1.807, 2.05) is 0 Å². The highest BCUT2D eigenvalue weighted by Crippen LogP contribution is 2.40. The molecule has 3 nitrogen and oxygen atoms in total. The van der Waals surface area contributed by atoms with Crippen LogP contribution in [0.1, 0.15) is 50.9 Å². The van der Waals surface area contributed by atoms with Gasteiger partial charge in [0.15, 0.2) is 0 Å². The molecule has 1 aromatic carbocycles. The van der Waals surface area contributed by atoms with Crippen LogP contribution in [-0.4, -0.2) is 15.6 Å². The largest absolute Gasteiger partial charge is 0.327 e. The summed E-state index contributed by atoms with van der Waals surface area (Å²) in [5, 5.41) is 0. The standard InChI is InChI=1S/C17H25N3/c1-4-10-20-14-8-7-12(2)11-13(14)19-16(20)17(3)9-5-6-15(17)18/h7-8,11,15H,4-6,9-10,18H2,1-3H3. The smallest absolute Gasteiger partial charge is 0.117 e. The van der Waals surface area contributed by atoms with Gasteiger partial charge in [-0.2, -0.15) is 0 Å². The summed E-state index contributed by atoms with van der Waals surface area (Å²) >= 11 is 0. The lowest BCUT2D eigenvalue weighted by Crippen LogP contribution is -2.40. The van der Waals surface area contributed by atoms with Gasteiger partial charge in [-0.3, -0.25) is 0 Å². The van der Waals surface area contributed by atoms with E-state index in [1.165, 1.54) is 23.3 Å². The Morgan fingerprint density at radius 3 is 2.90 bits per heavy atom. The predicted molar refractivity (Wildman–Crippen MR) is 83.9 cm³/mol. The van der Waals surface area contributed by atoms with E-state index >= 15 is 0 Å². The molecule has 108 valence electrons. The zero-order valence-corrected chi connectivity index (χ0v) is 12.8. The maximum Gasteiger partial charge on any atom is 0.117 e. The van der Waals surface area contributed by atoms with Crippen molar-refractivity contribution in [2.24, 2.45) is 5.73 Å². The second-order valence-corrected chi connectivity index (χ2v) is 6.50. The molecular formula is C17H25N3. The maximum atomic E-state index is 6.41. The van der Waals surface area contributed by atoms with Crippen LogP contribution in [0.15, 0.2) is 18.2 Å². The fourth-order valence-electron chi connectivity index (χ4n) is 3.60. The highest BCUT2D eigenvalue weighted by atomic mass is 15.1. The highest BCUT2D eigenvalue weighted by molar-refractivity contribution is 5.77. The Bertz CT molecular complexity index is 628. The minimum Gasteiger partial charge on any atom is -0.327 e. The number of imidazole rings is 1. The first-order valence-corrected chi connectivity index (χ1v) is 7.79. The van der Waals surface area contributed by atoms with Crippen LogP contribution in [0, 0.1) is 6.92 Å². The van der Waals surface area contributed by atoms with Crippen molar-refractivity contribution in [2.75, 3.05) is 0 Å². The monoisotopic (exact) mass is 271 g/mol. The van der Waals surface area contributed by atoms with E-state index in [0.29, 0.717) is 0 Å². The van der Waals surface area contributed by atoms with E-state index in [4.69, 9.17) is 10.7 Å². The molecule has 2 N–H and O–H groups in total. The van der Waals surface area contributed by atoms with Gasteiger partial charge in [-0.05, 0) is 43.9 Å². The minimum absolute atomic E-state index is 0.0299. The van der Waals surface area contributed by atoms with E-state index in [2.05, 4.69) is 43.5 Å². The molecule has 0 aliphatic heterocycles. The first-order chi connectivity index (χ1) is 9.56. The third kappa shape index (κ3) is 1.96. The zero-order valence-electron chi connectivity index (χ0n) is 12.8. The van der Waals surface area contributed by atoms with Crippen molar-refractivity contribution in [3.63, 3.8) is 0 Å². The van der Waals surface area contributed by atoms with E-state index in [0.717, 1.165) is 31.3 Å². The van der Waals surface area contributed by atoms with E-state index in [1.54, 1.807) is 0 Å². The molecule has 1 aromatic heterocycles. The Morgan fingerprint density at radius 1 is 1.45 bits per heavy atom. The first-order valence-electron chi connectivity index (χ1n) is 7.79. The zero-order chi connectivity index (χ0) is 14.3. The molecule has 2 atom stereocenters. The van der Waals surface area contributed by atoms with E-state index in [-0.39, 0.29) is 11.5 Å². The molecule has 3 rings (SSSR count). The van der Waals surface area contributed by atoms with Gasteiger partial charge in [0.2, 0.25) is 0 Å². The SMILES string of the molecule is CCCn1c(C2(C)CCCC2N)nc2cc(C)ccc21. The number of nitrogens with two attached hydrogens (primary N) is 1. The quantitative estimate of drug-likeness (QED) is 0.928. The number of benzene rings is 1. The summed E-state index contributed by atoms with van der Waals surface area (Å²) in [5.74, 6) is 1.20. The van der Waals surface area contributed by atoms with Crippen molar-refractivity contribution in [2.45, 2.75) is 64.5 Å². The van der Waals surface area contributed by atoms with Gasteiger partial charge in [0.05, 0.1) is 11.0 Å². The second-order valence-electron chi connectivity index (χ2n) is 6.50. The Kier molecular flexibility index (Phi) is 3.33. The van der Waals surface area contributed by atoms with Crippen molar-refractivity contribution in [1.29, 1.82) is 0 Å². The normalized spacial score (nSPS) is 26.5. The summed E-state index contributed by atoms with van der Waals surface area (Å²) in [4.78, 5) is 4.98. The van der Waals surface area contributed by atoms with Crippen LogP contribution in [0.5, 0.6) is 0 Å². The van der Waals surface area contributed by atoms with E-state index in [9.17, 15) is 0 Å². The lowest BCUT2D eigenvalue weighted by Gasteiger charge is -2.29. The van der Waals surface area contributed by atoms with Gasteiger partial charge in [0.25, 0.3) is 0 Å². The molecule has 1 fully saturated rings. The van der Waals surface area contributed by atoms with Crippen LogP contribution < -0.4 is 5.73 Å². The molecule has 0 saturated heterocycles. The maximum absolute atomic E-state index is 6.41. The molecule has 1 aliphatic carbocycles. The summed E-state index contributed by atoms with van der Waals surface area (Å²) in [7, 11) is 0. The van der Waals surface area contributed by atoms with Crippen molar-refractivity contribution in [1.82, 2.24) is 9.55 Å². The van der Waals surface area contributed by atoms with Gasteiger partial charge in [-0.1, -0.05) is 26.3 Å². The second kappa shape index (κ2) is 4.88. The summed E-state index contributed by atoms with van der Waals surface area (Å²) in [6.07, 6.45) is 4.61. The number of aryl methyl sites for hydroxylation is 2.